The lowest BCUT2D eigenvalue weighted by atomic mass is 10.0. The molecule has 0 spiro atoms. The van der Waals surface area contributed by atoms with Gasteiger partial charge in [0.05, 0.1) is 16.8 Å². The summed E-state index contributed by atoms with van der Waals surface area (Å²) in [6.07, 6.45) is 5.01. The monoisotopic (exact) mass is 431 g/mol. The molecule has 5 nitrogen and oxygen atoms in total. The van der Waals surface area contributed by atoms with Crippen LogP contribution in [0.1, 0.15) is 0 Å². The van der Waals surface area contributed by atoms with Gasteiger partial charge < -0.3 is 10.5 Å². The maximum Gasteiger partial charge on any atom is 0.220 e. The highest BCUT2D eigenvalue weighted by Gasteiger charge is 2.17. The van der Waals surface area contributed by atoms with Crippen molar-refractivity contribution in [3.05, 3.63) is 84.8 Å². The van der Waals surface area contributed by atoms with Gasteiger partial charge in [0.1, 0.15) is 5.82 Å². The molecule has 0 atom stereocenters. The van der Waals surface area contributed by atoms with Gasteiger partial charge in [-0.15, -0.1) is 0 Å². The molecule has 0 aliphatic heterocycles. The van der Waals surface area contributed by atoms with Crippen LogP contribution < -0.4 is 10.5 Å². The molecule has 152 valence electrons. The van der Waals surface area contributed by atoms with Gasteiger partial charge in [0, 0.05) is 39.6 Å². The second kappa shape index (κ2) is 7.81. The molecule has 0 saturated carbocycles. The normalized spacial score (nSPS) is 11.2. The molecule has 31 heavy (non-hydrogen) atoms. The Morgan fingerprint density at radius 1 is 0.935 bits per heavy atom. The first-order valence-electron chi connectivity index (χ1n) is 9.36. The van der Waals surface area contributed by atoms with Gasteiger partial charge in [-0.3, -0.25) is 4.98 Å². The maximum atomic E-state index is 15.3. The Kier molecular flexibility index (Phi) is 4.83. The van der Waals surface area contributed by atoms with E-state index in [0.29, 0.717) is 16.5 Å². The molecular formula is C23H15F2N5S. The summed E-state index contributed by atoms with van der Waals surface area (Å²) in [5.41, 5.74) is 6.66. The van der Waals surface area contributed by atoms with Gasteiger partial charge in [0.15, 0.2) is 5.82 Å². The molecule has 0 bridgehead atoms. The molecule has 0 aliphatic rings. The second-order valence-corrected chi connectivity index (χ2v) is 7.69. The number of hydrogen-bond acceptors (Lipinski definition) is 6. The standard InChI is InChI=1S/C23H15F2N5S/c24-17-5-7-19(30-31-20-3-1-2-14-11-27-9-8-16(14)20)22(25)21(17)13-4-6-18-15(10-13)12-28-23(26)29-18/h1-12,30H,(H2,26,28,29). The van der Waals surface area contributed by atoms with Crippen LogP contribution in [0.15, 0.2) is 78.1 Å². The van der Waals surface area contributed by atoms with Crippen LogP contribution in [0, 0.1) is 11.6 Å². The summed E-state index contributed by atoms with van der Waals surface area (Å²) in [7, 11) is 0. The van der Waals surface area contributed by atoms with Crippen LogP contribution in [0.2, 0.25) is 0 Å². The van der Waals surface area contributed by atoms with Crippen LogP contribution >= 0.6 is 11.9 Å². The minimum absolute atomic E-state index is 0.119. The third-order valence-electron chi connectivity index (χ3n) is 4.89. The summed E-state index contributed by atoms with van der Waals surface area (Å²) in [5.74, 6) is -1.19. The first kappa shape index (κ1) is 19.2. The van der Waals surface area contributed by atoms with Gasteiger partial charge in [-0.05, 0) is 53.9 Å². The number of nitrogens with two attached hydrogens (primary N) is 1. The van der Waals surface area contributed by atoms with E-state index in [1.807, 2.05) is 24.3 Å². The van der Waals surface area contributed by atoms with Crippen molar-refractivity contribution < 1.29 is 8.78 Å². The van der Waals surface area contributed by atoms with Crippen LogP contribution in [-0.2, 0) is 0 Å². The summed E-state index contributed by atoms with van der Waals surface area (Å²) < 4.78 is 33.0. The average Bonchev–Trinajstić information content (AvgIpc) is 2.78. The van der Waals surface area contributed by atoms with Crippen LogP contribution in [0.5, 0.6) is 0 Å². The van der Waals surface area contributed by atoms with Gasteiger partial charge in [-0.2, -0.15) is 0 Å². The zero-order valence-electron chi connectivity index (χ0n) is 16.0. The van der Waals surface area contributed by atoms with Gasteiger partial charge in [-0.25, -0.2) is 18.7 Å². The zero-order valence-corrected chi connectivity index (χ0v) is 16.8. The van der Waals surface area contributed by atoms with E-state index < -0.39 is 11.6 Å². The third-order valence-corrected chi connectivity index (χ3v) is 5.79. The summed E-state index contributed by atoms with van der Waals surface area (Å²) >= 11 is 1.26. The van der Waals surface area contributed by atoms with Crippen LogP contribution in [0.25, 0.3) is 32.8 Å². The topological polar surface area (TPSA) is 76.7 Å². The lowest BCUT2D eigenvalue weighted by Crippen LogP contribution is -1.98. The van der Waals surface area contributed by atoms with Crippen molar-refractivity contribution in [2.45, 2.75) is 4.90 Å². The number of hydrogen-bond donors (Lipinski definition) is 2. The van der Waals surface area contributed by atoms with E-state index in [4.69, 9.17) is 5.73 Å². The molecular weight excluding hydrogens is 416 g/mol. The highest BCUT2D eigenvalue weighted by atomic mass is 32.2. The fourth-order valence-electron chi connectivity index (χ4n) is 3.39. The van der Waals surface area contributed by atoms with Gasteiger partial charge in [0.25, 0.3) is 0 Å². The molecule has 0 aliphatic carbocycles. The van der Waals surface area contributed by atoms with Crippen LogP contribution in [0.4, 0.5) is 20.4 Å². The number of fused-ring (bicyclic) bond motifs is 2. The number of halogens is 2. The van der Waals surface area contributed by atoms with Crippen molar-refractivity contribution in [3.8, 4) is 11.1 Å². The van der Waals surface area contributed by atoms with E-state index in [9.17, 15) is 4.39 Å². The van der Waals surface area contributed by atoms with Gasteiger partial charge in [0.2, 0.25) is 5.95 Å². The molecule has 0 unspecified atom stereocenters. The molecule has 5 rings (SSSR count). The number of aromatic nitrogens is 3. The van der Waals surface area contributed by atoms with Crippen molar-refractivity contribution in [2.75, 3.05) is 10.5 Å². The second-order valence-electron chi connectivity index (χ2n) is 6.84. The Hall–Kier alpha value is -3.78. The van der Waals surface area contributed by atoms with E-state index >= 15 is 4.39 Å². The maximum absolute atomic E-state index is 15.3. The summed E-state index contributed by atoms with van der Waals surface area (Å²) in [6, 6.07) is 15.3. The number of rotatable bonds is 4. The predicted molar refractivity (Wildman–Crippen MR) is 121 cm³/mol. The Morgan fingerprint density at radius 2 is 1.84 bits per heavy atom. The van der Waals surface area contributed by atoms with E-state index in [-0.39, 0.29) is 17.2 Å². The molecule has 2 heterocycles. The minimum atomic E-state index is -0.676. The number of nitrogen functional groups attached to an aromatic ring is 1. The smallest absolute Gasteiger partial charge is 0.220 e. The van der Waals surface area contributed by atoms with E-state index in [1.54, 1.807) is 30.6 Å². The van der Waals surface area contributed by atoms with Crippen molar-refractivity contribution in [1.29, 1.82) is 0 Å². The van der Waals surface area contributed by atoms with E-state index in [0.717, 1.165) is 15.7 Å². The predicted octanol–water partition coefficient (Wildman–Crippen LogP) is 5.82. The van der Waals surface area contributed by atoms with Gasteiger partial charge in [-0.1, -0.05) is 18.2 Å². The fourth-order valence-corrected chi connectivity index (χ4v) is 4.21. The zero-order chi connectivity index (χ0) is 21.4. The summed E-state index contributed by atoms with van der Waals surface area (Å²) in [6.45, 7) is 0. The fraction of sp³-hybridized carbons (Fsp3) is 0. The first-order chi connectivity index (χ1) is 15.1. The van der Waals surface area contributed by atoms with Crippen molar-refractivity contribution in [1.82, 2.24) is 15.0 Å². The van der Waals surface area contributed by atoms with E-state index in [1.165, 1.54) is 30.3 Å². The Morgan fingerprint density at radius 3 is 2.74 bits per heavy atom. The Bertz CT molecular complexity index is 1440. The highest BCUT2D eigenvalue weighted by Crippen LogP contribution is 2.35. The number of nitrogens with one attached hydrogen (secondary N) is 1. The first-order valence-corrected chi connectivity index (χ1v) is 10.2. The van der Waals surface area contributed by atoms with Crippen LogP contribution in [0.3, 0.4) is 0 Å². The quantitative estimate of drug-likeness (QED) is 0.349. The average molecular weight is 431 g/mol. The van der Waals surface area contributed by atoms with Gasteiger partial charge >= 0.3 is 0 Å². The number of pyridine rings is 1. The molecule has 8 heteroatoms. The van der Waals surface area contributed by atoms with Crippen molar-refractivity contribution >= 4 is 45.3 Å². The Labute approximate surface area is 180 Å². The van der Waals surface area contributed by atoms with E-state index in [2.05, 4.69) is 19.7 Å². The molecule has 0 radical (unpaired) electrons. The number of nitrogens with zero attached hydrogens (tertiary/aromatic N) is 3. The third kappa shape index (κ3) is 3.62. The lowest BCUT2D eigenvalue weighted by Gasteiger charge is -2.13. The summed E-state index contributed by atoms with van der Waals surface area (Å²) in [4.78, 5) is 13.1. The molecule has 5 aromatic rings. The lowest BCUT2D eigenvalue weighted by molar-refractivity contribution is 0.592. The van der Waals surface area contributed by atoms with Crippen molar-refractivity contribution in [3.63, 3.8) is 0 Å². The molecule has 0 amide bonds. The molecule has 0 fully saturated rings. The number of anilines is 2. The Balaban J connectivity index is 1.50. The number of benzene rings is 3. The summed E-state index contributed by atoms with van der Waals surface area (Å²) in [5, 5.41) is 2.61. The SMILES string of the molecule is Nc1ncc2cc(-c3c(F)ccc(NSc4cccc5cnccc45)c3F)ccc2n1. The molecule has 2 aromatic heterocycles. The molecule has 0 saturated heterocycles. The van der Waals surface area contributed by atoms with Crippen LogP contribution in [-0.4, -0.2) is 15.0 Å². The molecule has 3 aromatic carbocycles. The van der Waals surface area contributed by atoms with Crippen molar-refractivity contribution in [2.24, 2.45) is 0 Å². The largest absolute Gasteiger partial charge is 0.368 e. The molecule has 3 N–H and O–H groups in total. The minimum Gasteiger partial charge on any atom is -0.368 e. The highest BCUT2D eigenvalue weighted by molar-refractivity contribution is 8.00.